The van der Waals surface area contributed by atoms with Gasteiger partial charge in [0.15, 0.2) is 5.75 Å². The molecule has 13 heteroatoms. The highest BCUT2D eigenvalue weighted by atomic mass is 32.2. The van der Waals surface area contributed by atoms with E-state index in [-0.39, 0.29) is 39.0 Å². The number of methoxy groups -OCH3 is 1. The summed E-state index contributed by atoms with van der Waals surface area (Å²) in [7, 11) is -2.60. The normalized spacial score (nSPS) is 11.4. The molecule has 0 aliphatic heterocycles. The van der Waals surface area contributed by atoms with E-state index in [1.165, 1.54) is 55.6 Å². The second-order valence-corrected chi connectivity index (χ2v) is 10.8. The number of nitrogens with zero attached hydrogens (tertiary/aromatic N) is 3. The average Bonchev–Trinajstić information content (AvgIpc) is 3.00. The lowest BCUT2D eigenvalue weighted by Gasteiger charge is -2.12. The summed E-state index contributed by atoms with van der Waals surface area (Å²) < 4.78 is 33.9. The number of rotatable bonds is 9. The van der Waals surface area contributed by atoms with Crippen molar-refractivity contribution in [1.29, 1.82) is 0 Å². The fraction of sp³-hybridized carbons (Fsp3) is 0.0333. The first kappa shape index (κ1) is 28.7. The number of phenolic OH excluding ortho intramolecular Hbond substituents is 1. The Hall–Kier alpha value is -5.82. The van der Waals surface area contributed by atoms with Crippen LogP contribution >= 0.6 is 0 Å². The molecule has 3 N–H and O–H groups in total. The largest absolute Gasteiger partial charge is 0.505 e. The van der Waals surface area contributed by atoms with Crippen LogP contribution in [0.4, 0.5) is 28.4 Å². The number of non-ortho nitro benzene ring substituents is 1. The van der Waals surface area contributed by atoms with Crippen LogP contribution in [0.15, 0.2) is 118 Å². The van der Waals surface area contributed by atoms with Gasteiger partial charge in [-0.25, -0.2) is 8.42 Å². The first-order valence-corrected chi connectivity index (χ1v) is 14.1. The quantitative estimate of drug-likeness (QED) is 0.0938. The number of ether oxygens (including phenoxy) is 1. The van der Waals surface area contributed by atoms with Gasteiger partial charge in [-0.05, 0) is 53.9 Å². The van der Waals surface area contributed by atoms with Crippen molar-refractivity contribution in [2.75, 3.05) is 17.1 Å². The number of azo groups is 1. The number of amides is 1. The number of hydrogen-bond donors (Lipinski definition) is 3. The van der Waals surface area contributed by atoms with Gasteiger partial charge in [0, 0.05) is 28.9 Å². The lowest BCUT2D eigenvalue weighted by Crippen LogP contribution is -2.12. The molecule has 0 heterocycles. The number of carbonyl (C=O) groups is 1. The van der Waals surface area contributed by atoms with Crippen LogP contribution in [-0.4, -0.2) is 31.5 Å². The lowest BCUT2D eigenvalue weighted by molar-refractivity contribution is -0.384. The van der Waals surface area contributed by atoms with Crippen LogP contribution in [0.2, 0.25) is 0 Å². The first-order valence-electron chi connectivity index (χ1n) is 12.6. The molecule has 0 saturated carbocycles. The van der Waals surface area contributed by atoms with Gasteiger partial charge in [-0.2, -0.15) is 0 Å². The Morgan fingerprint density at radius 2 is 1.58 bits per heavy atom. The van der Waals surface area contributed by atoms with E-state index >= 15 is 0 Å². The Kier molecular flexibility index (Phi) is 7.98. The Bertz CT molecular complexity index is 1980. The van der Waals surface area contributed by atoms with Crippen LogP contribution < -0.4 is 14.8 Å². The molecule has 1 amide bonds. The number of hydrogen-bond acceptors (Lipinski definition) is 9. The highest BCUT2D eigenvalue weighted by Crippen LogP contribution is 2.41. The van der Waals surface area contributed by atoms with Crippen LogP contribution in [0.5, 0.6) is 11.5 Å². The van der Waals surface area contributed by atoms with Gasteiger partial charge in [0.2, 0.25) is 0 Å². The molecule has 43 heavy (non-hydrogen) atoms. The smallest absolute Gasteiger partial charge is 0.269 e. The third-order valence-electron chi connectivity index (χ3n) is 6.32. The summed E-state index contributed by atoms with van der Waals surface area (Å²) in [5.74, 6) is -0.945. The fourth-order valence-electron chi connectivity index (χ4n) is 4.20. The number of sulfonamides is 1. The predicted molar refractivity (Wildman–Crippen MR) is 161 cm³/mol. The second kappa shape index (κ2) is 12.0. The molecule has 216 valence electrons. The Morgan fingerprint density at radius 1 is 0.884 bits per heavy atom. The highest BCUT2D eigenvalue weighted by Gasteiger charge is 2.20. The van der Waals surface area contributed by atoms with E-state index in [4.69, 9.17) is 4.74 Å². The van der Waals surface area contributed by atoms with Crippen LogP contribution in [0.25, 0.3) is 10.8 Å². The molecule has 0 unspecified atom stereocenters. The van der Waals surface area contributed by atoms with Gasteiger partial charge >= 0.3 is 0 Å². The molecule has 0 radical (unpaired) electrons. The van der Waals surface area contributed by atoms with Gasteiger partial charge in [-0.1, -0.05) is 42.5 Å². The van der Waals surface area contributed by atoms with E-state index in [9.17, 15) is 28.4 Å². The topological polar surface area (TPSA) is 173 Å². The summed E-state index contributed by atoms with van der Waals surface area (Å²) >= 11 is 0. The second-order valence-electron chi connectivity index (χ2n) is 9.11. The van der Waals surface area contributed by atoms with E-state index in [0.717, 1.165) is 0 Å². The van der Waals surface area contributed by atoms with E-state index in [1.54, 1.807) is 54.6 Å². The van der Waals surface area contributed by atoms with Crippen LogP contribution in [0.3, 0.4) is 0 Å². The number of fused-ring (bicyclic) bond motifs is 1. The molecule has 0 bridgehead atoms. The number of carbonyl (C=O) groups excluding carboxylic acids is 1. The fourth-order valence-corrected chi connectivity index (χ4v) is 5.27. The minimum atomic E-state index is -3.99. The molecule has 0 fully saturated rings. The number of anilines is 2. The standard InChI is InChI=1S/C30H23N5O7S/c1-42-27-16-15-23(43(40,41)34-21-8-3-2-4-9-21)18-26(27)32-33-28-24-10-6-5-7-19(24)17-25(29(28)36)30(37)31-20-11-13-22(14-12-20)35(38)39/h2-18,34,36H,1H3,(H,31,37)/b33-32+. The molecule has 12 nitrogen and oxygen atoms in total. The zero-order valence-corrected chi connectivity index (χ0v) is 23.3. The molecule has 5 rings (SSSR count). The van der Waals surface area contributed by atoms with Crippen molar-refractivity contribution in [3.05, 3.63) is 119 Å². The van der Waals surface area contributed by atoms with Crippen LogP contribution in [-0.2, 0) is 10.0 Å². The van der Waals surface area contributed by atoms with Crippen molar-refractivity contribution in [3.63, 3.8) is 0 Å². The third-order valence-corrected chi connectivity index (χ3v) is 7.70. The minimum absolute atomic E-state index is 0.0373. The monoisotopic (exact) mass is 597 g/mol. The molecule has 0 atom stereocenters. The summed E-state index contributed by atoms with van der Waals surface area (Å²) in [5, 5.41) is 34.2. The van der Waals surface area contributed by atoms with Crippen molar-refractivity contribution in [3.8, 4) is 11.5 Å². The van der Waals surface area contributed by atoms with E-state index in [1.807, 2.05) is 0 Å². The molecular formula is C30H23N5O7S. The number of nitrogens with one attached hydrogen (secondary N) is 2. The molecule has 0 saturated heterocycles. The van der Waals surface area contributed by atoms with Gasteiger partial charge < -0.3 is 15.2 Å². The van der Waals surface area contributed by atoms with Gasteiger partial charge in [-0.15, -0.1) is 10.2 Å². The maximum Gasteiger partial charge on any atom is 0.269 e. The minimum Gasteiger partial charge on any atom is -0.505 e. The summed E-state index contributed by atoms with van der Waals surface area (Å²) in [6, 6.07) is 26.0. The summed E-state index contributed by atoms with van der Waals surface area (Å²) in [4.78, 5) is 23.4. The maximum atomic E-state index is 13.2. The predicted octanol–water partition coefficient (Wildman–Crippen LogP) is 6.93. The van der Waals surface area contributed by atoms with E-state index < -0.39 is 26.6 Å². The Labute approximate surface area is 245 Å². The average molecular weight is 598 g/mol. The first-order chi connectivity index (χ1) is 20.7. The maximum absolute atomic E-state index is 13.2. The molecular weight excluding hydrogens is 574 g/mol. The number of aromatic hydroxyl groups is 1. The Morgan fingerprint density at radius 3 is 2.28 bits per heavy atom. The molecule has 0 aromatic heterocycles. The Balaban J connectivity index is 1.52. The molecule has 0 aliphatic rings. The number of nitro groups is 1. The van der Waals surface area contributed by atoms with Crippen molar-refractivity contribution in [1.82, 2.24) is 0 Å². The highest BCUT2D eigenvalue weighted by molar-refractivity contribution is 7.92. The van der Waals surface area contributed by atoms with Crippen molar-refractivity contribution >= 4 is 55.1 Å². The lowest BCUT2D eigenvalue weighted by atomic mass is 10.0. The summed E-state index contributed by atoms with van der Waals surface area (Å²) in [6.07, 6.45) is 0. The summed E-state index contributed by atoms with van der Waals surface area (Å²) in [5.41, 5.74) is 0.408. The zero-order chi connectivity index (χ0) is 30.6. The summed E-state index contributed by atoms with van der Waals surface area (Å²) in [6.45, 7) is 0. The number of benzene rings is 5. The number of nitro benzene ring substituents is 1. The van der Waals surface area contributed by atoms with E-state index in [2.05, 4.69) is 20.3 Å². The number of phenols is 1. The molecule has 0 aliphatic carbocycles. The van der Waals surface area contributed by atoms with Crippen molar-refractivity contribution in [2.24, 2.45) is 10.2 Å². The van der Waals surface area contributed by atoms with Crippen LogP contribution in [0, 0.1) is 10.1 Å². The SMILES string of the molecule is COc1ccc(S(=O)(=O)Nc2ccccc2)cc1/N=N/c1c(O)c(C(=O)Nc2ccc([N+](=O)[O-])cc2)cc2ccccc12. The van der Waals surface area contributed by atoms with Gasteiger partial charge in [0.05, 0.1) is 22.5 Å². The zero-order valence-electron chi connectivity index (χ0n) is 22.5. The van der Waals surface area contributed by atoms with Crippen molar-refractivity contribution < 1.29 is 28.0 Å². The van der Waals surface area contributed by atoms with E-state index in [0.29, 0.717) is 16.5 Å². The third kappa shape index (κ3) is 6.26. The molecule has 5 aromatic rings. The van der Waals surface area contributed by atoms with Gasteiger partial charge in [-0.3, -0.25) is 19.6 Å². The van der Waals surface area contributed by atoms with Gasteiger partial charge in [0.25, 0.3) is 21.6 Å². The molecule has 5 aromatic carbocycles. The molecule has 0 spiro atoms. The van der Waals surface area contributed by atoms with Crippen LogP contribution in [0.1, 0.15) is 10.4 Å². The van der Waals surface area contributed by atoms with Crippen molar-refractivity contribution in [2.45, 2.75) is 4.90 Å². The number of para-hydroxylation sites is 1. The van der Waals surface area contributed by atoms with Gasteiger partial charge in [0.1, 0.15) is 17.1 Å².